The number of anilines is 1. The number of hydrogen-bond donors (Lipinski definition) is 1. The Bertz CT molecular complexity index is 782. The Balaban J connectivity index is 2.07. The van der Waals surface area contributed by atoms with Crippen LogP contribution in [0.3, 0.4) is 0 Å². The summed E-state index contributed by atoms with van der Waals surface area (Å²) in [5.41, 5.74) is -0.586. The van der Waals surface area contributed by atoms with Gasteiger partial charge >= 0.3 is 0 Å². The van der Waals surface area contributed by atoms with E-state index in [4.69, 9.17) is 9.47 Å². The fourth-order valence-corrected chi connectivity index (χ4v) is 1.81. The van der Waals surface area contributed by atoms with Crippen LogP contribution >= 0.6 is 0 Å². The van der Waals surface area contributed by atoms with Gasteiger partial charge in [-0.25, -0.2) is 8.78 Å². The maximum atomic E-state index is 13.4. The molecule has 2 aromatic rings. The number of nitro groups is 1. The molecule has 2 aromatic carbocycles. The lowest BCUT2D eigenvalue weighted by molar-refractivity contribution is -0.385. The first kappa shape index (κ1) is 17.1. The van der Waals surface area contributed by atoms with Crippen molar-refractivity contribution in [1.29, 1.82) is 0 Å². The Kier molecular flexibility index (Phi) is 5.25. The lowest BCUT2D eigenvalue weighted by Gasteiger charge is -2.11. The molecule has 1 N–H and O–H groups in total. The van der Waals surface area contributed by atoms with E-state index in [9.17, 15) is 23.7 Å². The van der Waals surface area contributed by atoms with Gasteiger partial charge in [0.1, 0.15) is 11.6 Å². The first-order chi connectivity index (χ1) is 11.4. The number of halogens is 2. The largest absolute Gasteiger partial charge is 0.493 e. The number of non-ortho nitro benzene ring substituents is 1. The van der Waals surface area contributed by atoms with E-state index in [1.807, 2.05) is 0 Å². The average molecular weight is 338 g/mol. The van der Waals surface area contributed by atoms with Gasteiger partial charge in [-0.3, -0.25) is 14.9 Å². The molecule has 7 nitrogen and oxygen atoms in total. The molecule has 0 aromatic heterocycles. The topological polar surface area (TPSA) is 90.7 Å². The highest BCUT2D eigenvalue weighted by molar-refractivity contribution is 5.92. The van der Waals surface area contributed by atoms with Crippen molar-refractivity contribution in [3.05, 3.63) is 58.1 Å². The minimum Gasteiger partial charge on any atom is -0.493 e. The van der Waals surface area contributed by atoms with Crippen LogP contribution in [0.5, 0.6) is 11.5 Å². The lowest BCUT2D eigenvalue weighted by Crippen LogP contribution is -2.21. The van der Waals surface area contributed by atoms with Gasteiger partial charge < -0.3 is 14.8 Å². The number of hydrogen-bond acceptors (Lipinski definition) is 5. The van der Waals surface area contributed by atoms with Crippen molar-refractivity contribution < 1.29 is 28.0 Å². The van der Waals surface area contributed by atoms with Crippen molar-refractivity contribution >= 4 is 17.3 Å². The summed E-state index contributed by atoms with van der Waals surface area (Å²) >= 11 is 0. The van der Waals surface area contributed by atoms with Crippen molar-refractivity contribution in [3.8, 4) is 11.5 Å². The van der Waals surface area contributed by atoms with Gasteiger partial charge in [-0.05, 0) is 18.2 Å². The van der Waals surface area contributed by atoms with Gasteiger partial charge in [0.2, 0.25) is 0 Å². The molecular formula is C15H12F2N2O5. The van der Waals surface area contributed by atoms with Crippen LogP contribution in [0.15, 0.2) is 36.4 Å². The van der Waals surface area contributed by atoms with Gasteiger partial charge in [0, 0.05) is 12.1 Å². The number of carbonyl (C=O) groups excluding carboxylic acids is 1. The molecule has 0 fully saturated rings. The lowest BCUT2D eigenvalue weighted by atomic mass is 10.3. The van der Waals surface area contributed by atoms with E-state index in [1.165, 1.54) is 19.2 Å². The van der Waals surface area contributed by atoms with Crippen LogP contribution in [0, 0.1) is 21.7 Å². The second kappa shape index (κ2) is 7.36. The zero-order valence-corrected chi connectivity index (χ0v) is 12.4. The Hall–Kier alpha value is -3.23. The minimum absolute atomic E-state index is 0.0263. The van der Waals surface area contributed by atoms with Crippen LogP contribution in [0.1, 0.15) is 0 Å². The quantitative estimate of drug-likeness (QED) is 0.646. The van der Waals surface area contributed by atoms with E-state index < -0.39 is 29.1 Å². The molecule has 0 saturated carbocycles. The average Bonchev–Trinajstić information content (AvgIpc) is 2.56. The van der Waals surface area contributed by atoms with E-state index >= 15 is 0 Å². The van der Waals surface area contributed by atoms with E-state index in [0.29, 0.717) is 0 Å². The third-order valence-electron chi connectivity index (χ3n) is 2.92. The summed E-state index contributed by atoms with van der Waals surface area (Å²) in [6, 6.07) is 6.23. The molecule has 9 heteroatoms. The SMILES string of the molecule is COc1ccc([N+](=O)[O-])cc1OCC(=O)Nc1cc(F)ccc1F. The number of rotatable bonds is 6. The summed E-state index contributed by atoms with van der Waals surface area (Å²) in [4.78, 5) is 21.9. The number of nitrogens with zero attached hydrogens (tertiary/aromatic N) is 1. The Morgan fingerprint density at radius 1 is 1.21 bits per heavy atom. The molecule has 0 aliphatic heterocycles. The molecule has 0 radical (unpaired) electrons. The van der Waals surface area contributed by atoms with E-state index in [2.05, 4.69) is 5.32 Å². The number of nitrogens with one attached hydrogen (secondary N) is 1. The van der Waals surface area contributed by atoms with Gasteiger partial charge in [0.05, 0.1) is 23.8 Å². The van der Waals surface area contributed by atoms with Crippen LogP contribution in [0.4, 0.5) is 20.2 Å². The molecule has 0 spiro atoms. The highest BCUT2D eigenvalue weighted by atomic mass is 19.1. The van der Waals surface area contributed by atoms with Crippen molar-refractivity contribution in [2.75, 3.05) is 19.0 Å². The van der Waals surface area contributed by atoms with Gasteiger partial charge in [0.25, 0.3) is 11.6 Å². The van der Waals surface area contributed by atoms with E-state index in [1.54, 1.807) is 0 Å². The molecule has 0 unspecified atom stereocenters. The Morgan fingerprint density at radius 2 is 1.96 bits per heavy atom. The molecule has 126 valence electrons. The summed E-state index contributed by atoms with van der Waals surface area (Å²) < 4.78 is 36.6. The highest BCUT2D eigenvalue weighted by Crippen LogP contribution is 2.31. The predicted molar refractivity (Wildman–Crippen MR) is 80.1 cm³/mol. The smallest absolute Gasteiger partial charge is 0.273 e. The molecule has 0 heterocycles. The first-order valence-corrected chi connectivity index (χ1v) is 6.61. The third-order valence-corrected chi connectivity index (χ3v) is 2.92. The fourth-order valence-electron chi connectivity index (χ4n) is 1.81. The molecule has 0 bridgehead atoms. The molecule has 2 rings (SSSR count). The molecular weight excluding hydrogens is 326 g/mol. The van der Waals surface area contributed by atoms with Crippen molar-refractivity contribution in [1.82, 2.24) is 0 Å². The summed E-state index contributed by atoms with van der Waals surface area (Å²) in [6.07, 6.45) is 0. The van der Waals surface area contributed by atoms with Gasteiger partial charge in [-0.2, -0.15) is 0 Å². The fraction of sp³-hybridized carbons (Fsp3) is 0.133. The van der Waals surface area contributed by atoms with Crippen LogP contribution in [0.25, 0.3) is 0 Å². The molecule has 0 aliphatic carbocycles. The van der Waals surface area contributed by atoms with Gasteiger partial charge in [0.15, 0.2) is 18.1 Å². The molecule has 24 heavy (non-hydrogen) atoms. The van der Waals surface area contributed by atoms with E-state index in [0.717, 1.165) is 24.3 Å². The standard InChI is InChI=1S/C15H12F2N2O5/c1-23-13-5-3-10(19(21)22)7-14(13)24-8-15(20)18-12-6-9(16)2-4-11(12)17/h2-7H,8H2,1H3,(H,18,20). The maximum Gasteiger partial charge on any atom is 0.273 e. The number of nitro benzene ring substituents is 1. The van der Waals surface area contributed by atoms with Crippen LogP contribution in [-0.2, 0) is 4.79 Å². The van der Waals surface area contributed by atoms with Gasteiger partial charge in [-0.15, -0.1) is 0 Å². The number of amides is 1. The first-order valence-electron chi connectivity index (χ1n) is 6.61. The summed E-state index contributed by atoms with van der Waals surface area (Å²) in [7, 11) is 1.33. The third kappa shape index (κ3) is 4.15. The molecule has 0 saturated heterocycles. The van der Waals surface area contributed by atoms with Crippen LogP contribution in [-0.4, -0.2) is 24.5 Å². The monoisotopic (exact) mass is 338 g/mol. The zero-order chi connectivity index (χ0) is 17.7. The Labute approximate surface area is 135 Å². The molecule has 0 aliphatic rings. The van der Waals surface area contributed by atoms with Crippen molar-refractivity contribution in [2.45, 2.75) is 0 Å². The van der Waals surface area contributed by atoms with Crippen LogP contribution in [0.2, 0.25) is 0 Å². The molecule has 1 amide bonds. The second-order valence-corrected chi connectivity index (χ2v) is 4.55. The van der Waals surface area contributed by atoms with Crippen molar-refractivity contribution in [3.63, 3.8) is 0 Å². The highest BCUT2D eigenvalue weighted by Gasteiger charge is 2.14. The van der Waals surface area contributed by atoms with Crippen LogP contribution < -0.4 is 14.8 Å². The summed E-state index contributed by atoms with van der Waals surface area (Å²) in [5.74, 6) is -2.13. The predicted octanol–water partition coefficient (Wildman–Crippen LogP) is 2.90. The minimum atomic E-state index is -0.808. The van der Waals surface area contributed by atoms with Crippen molar-refractivity contribution in [2.24, 2.45) is 0 Å². The van der Waals surface area contributed by atoms with Gasteiger partial charge in [-0.1, -0.05) is 0 Å². The van der Waals surface area contributed by atoms with E-state index in [-0.39, 0.29) is 22.9 Å². The molecule has 0 atom stereocenters. The maximum absolute atomic E-state index is 13.4. The number of methoxy groups -OCH3 is 1. The zero-order valence-electron chi connectivity index (χ0n) is 12.4. The summed E-state index contributed by atoms with van der Waals surface area (Å²) in [6.45, 7) is -0.576. The summed E-state index contributed by atoms with van der Waals surface area (Å²) in [5, 5.41) is 12.9. The number of carbonyl (C=O) groups is 1. The number of ether oxygens (including phenoxy) is 2. The normalized spacial score (nSPS) is 10.1. The number of benzene rings is 2. The second-order valence-electron chi connectivity index (χ2n) is 4.55. The Morgan fingerprint density at radius 3 is 2.62 bits per heavy atom.